The van der Waals surface area contributed by atoms with E-state index in [-0.39, 0.29) is 24.0 Å². The molecule has 0 aromatic carbocycles. The van der Waals surface area contributed by atoms with E-state index in [0.29, 0.717) is 44.4 Å². The molecule has 0 bridgehead atoms. The van der Waals surface area contributed by atoms with Crippen LogP contribution in [0.1, 0.15) is 247 Å². The van der Waals surface area contributed by atoms with Crippen molar-refractivity contribution in [2.24, 2.45) is 11.8 Å². The van der Waals surface area contributed by atoms with Crippen molar-refractivity contribution in [1.29, 1.82) is 0 Å². The van der Waals surface area contributed by atoms with Crippen molar-refractivity contribution in [3.63, 3.8) is 0 Å². The fourth-order valence-corrected chi connectivity index (χ4v) is 7.88. The van der Waals surface area contributed by atoms with Gasteiger partial charge in [0.2, 0.25) is 0 Å². The van der Waals surface area contributed by atoms with Crippen LogP contribution in [-0.2, 0) is 28.6 Å². The molecule has 0 unspecified atom stereocenters. The fourth-order valence-electron chi connectivity index (χ4n) is 7.88. The number of ether oxygens (including phenoxy) is 3. The van der Waals surface area contributed by atoms with Crippen LogP contribution in [0.5, 0.6) is 0 Å². The third kappa shape index (κ3) is 35.5. The van der Waals surface area contributed by atoms with Crippen molar-refractivity contribution < 1.29 is 28.6 Å². The average Bonchev–Trinajstić information content (AvgIpc) is 3.18. The number of esters is 3. The predicted molar refractivity (Wildman–Crippen MR) is 237 cm³/mol. The van der Waals surface area contributed by atoms with Gasteiger partial charge in [-0.3, -0.25) is 19.3 Å². The van der Waals surface area contributed by atoms with Crippen LogP contribution in [0.25, 0.3) is 0 Å². The molecule has 7 nitrogen and oxygen atoms in total. The summed E-state index contributed by atoms with van der Waals surface area (Å²) in [5.41, 5.74) is 0. The van der Waals surface area contributed by atoms with Gasteiger partial charge >= 0.3 is 17.9 Å². The van der Waals surface area contributed by atoms with Gasteiger partial charge in [0.05, 0.1) is 19.8 Å². The van der Waals surface area contributed by atoms with Gasteiger partial charge in [-0.05, 0) is 76.3 Å². The number of nitrogens with zero attached hydrogens (tertiary/aromatic N) is 1. The molecule has 0 aromatic rings. The number of hydrogen-bond acceptors (Lipinski definition) is 7. The lowest BCUT2D eigenvalue weighted by Gasteiger charge is -2.21. The Morgan fingerprint density at radius 2 is 0.732 bits per heavy atom. The van der Waals surface area contributed by atoms with E-state index in [1.807, 2.05) is 0 Å². The molecule has 0 N–H and O–H groups in total. The molecule has 0 rings (SSSR count). The van der Waals surface area contributed by atoms with Gasteiger partial charge in [-0.2, -0.15) is 0 Å². The highest BCUT2D eigenvalue weighted by molar-refractivity contribution is 5.72. The normalized spacial score (nSPS) is 11.7. The van der Waals surface area contributed by atoms with Crippen molar-refractivity contribution in [3.8, 4) is 0 Å². The zero-order chi connectivity index (χ0) is 41.3. The van der Waals surface area contributed by atoms with Crippen molar-refractivity contribution in [3.05, 3.63) is 0 Å². The number of likely N-dealkylation sites (N-methyl/N-ethyl adjacent to an activating group) is 1. The summed E-state index contributed by atoms with van der Waals surface area (Å²) in [4.78, 5) is 39.7. The summed E-state index contributed by atoms with van der Waals surface area (Å²) < 4.78 is 17.3. The third-order valence-corrected chi connectivity index (χ3v) is 11.8. The Morgan fingerprint density at radius 3 is 1.09 bits per heavy atom. The Labute approximate surface area is 348 Å². The van der Waals surface area contributed by atoms with Gasteiger partial charge in [-0.1, -0.05) is 183 Å². The van der Waals surface area contributed by atoms with Crippen molar-refractivity contribution in [2.45, 2.75) is 253 Å². The Bertz CT molecular complexity index is 801. The molecule has 332 valence electrons. The summed E-state index contributed by atoms with van der Waals surface area (Å²) in [6.45, 7) is 16.4. The molecule has 0 aliphatic carbocycles. The van der Waals surface area contributed by atoms with Gasteiger partial charge in [-0.25, -0.2) is 0 Å². The number of rotatable bonds is 43. The van der Waals surface area contributed by atoms with Gasteiger partial charge < -0.3 is 14.2 Å². The minimum atomic E-state index is -0.114. The van der Waals surface area contributed by atoms with Gasteiger partial charge in [0.25, 0.3) is 0 Å². The predicted octanol–water partition coefficient (Wildman–Crippen LogP) is 14.1. The van der Waals surface area contributed by atoms with E-state index in [1.165, 1.54) is 103 Å². The highest BCUT2D eigenvalue weighted by Gasteiger charge is 2.17. The number of hydrogen-bond donors (Lipinski definition) is 0. The van der Waals surface area contributed by atoms with E-state index >= 15 is 0 Å². The maximum absolute atomic E-state index is 12.8. The fraction of sp³-hybridized carbons (Fsp3) is 0.939. The van der Waals surface area contributed by atoms with E-state index in [0.717, 1.165) is 103 Å². The van der Waals surface area contributed by atoms with Gasteiger partial charge in [0, 0.05) is 12.8 Å². The molecule has 0 fully saturated rings. The molecule has 0 amide bonds. The van der Waals surface area contributed by atoms with Crippen LogP contribution < -0.4 is 0 Å². The van der Waals surface area contributed by atoms with E-state index in [4.69, 9.17) is 14.2 Å². The van der Waals surface area contributed by atoms with E-state index in [1.54, 1.807) is 0 Å². The molecule has 0 heterocycles. The molecule has 7 heteroatoms. The molecule has 0 aromatic heterocycles. The largest absolute Gasteiger partial charge is 0.466 e. The third-order valence-electron chi connectivity index (χ3n) is 11.8. The number of carbonyl (C=O) groups excluding carboxylic acids is 3. The SMILES string of the molecule is CCCCCC(CCCCC)CCOC(=O)CCCCCCCC(CCCCCCCC(=O)OCCC(CCCCC)CCCCC)OC(=O)CN(CC)CC. The van der Waals surface area contributed by atoms with Crippen LogP contribution in [0.15, 0.2) is 0 Å². The second kappa shape index (κ2) is 41.5. The first-order chi connectivity index (χ1) is 27.3. The second-order valence-electron chi connectivity index (χ2n) is 16.9. The Hall–Kier alpha value is -1.63. The lowest BCUT2D eigenvalue weighted by Crippen LogP contribution is -2.32. The van der Waals surface area contributed by atoms with E-state index in [9.17, 15) is 14.4 Å². The first kappa shape index (κ1) is 54.4. The quantitative estimate of drug-likeness (QED) is 0.0345. The van der Waals surface area contributed by atoms with Crippen LogP contribution in [0.3, 0.4) is 0 Å². The summed E-state index contributed by atoms with van der Waals surface area (Å²) in [7, 11) is 0. The van der Waals surface area contributed by atoms with Crippen LogP contribution in [0.2, 0.25) is 0 Å². The molecular formula is C49H95NO6. The molecule has 0 spiro atoms. The van der Waals surface area contributed by atoms with Crippen LogP contribution in [0, 0.1) is 11.8 Å². The maximum atomic E-state index is 12.8. The summed E-state index contributed by atoms with van der Waals surface area (Å²) in [6, 6.07) is 0. The van der Waals surface area contributed by atoms with E-state index < -0.39 is 0 Å². The number of carbonyl (C=O) groups is 3. The Kier molecular flexibility index (Phi) is 40.3. The average molecular weight is 794 g/mol. The lowest BCUT2D eigenvalue weighted by atomic mass is 9.92. The molecule has 0 saturated heterocycles. The zero-order valence-electron chi connectivity index (χ0n) is 38.3. The molecule has 56 heavy (non-hydrogen) atoms. The Morgan fingerprint density at radius 1 is 0.393 bits per heavy atom. The standard InChI is InChI=1S/C49H95NO6/c1-7-13-23-31-44(32-24-14-8-2)39-41-54-47(51)37-29-21-17-19-27-35-46(56-49(53)43-50(11-5)12-6)36-28-20-18-22-30-38-48(52)55-42-40-45(33-25-15-9-3)34-26-16-10-4/h44-46H,7-43H2,1-6H3. The van der Waals surface area contributed by atoms with E-state index in [2.05, 4.69) is 46.4 Å². The summed E-state index contributed by atoms with van der Waals surface area (Å²) in [6.07, 6.45) is 35.5. The van der Waals surface area contributed by atoms with Crippen LogP contribution >= 0.6 is 0 Å². The monoisotopic (exact) mass is 794 g/mol. The smallest absolute Gasteiger partial charge is 0.320 e. The molecule has 0 saturated carbocycles. The minimum Gasteiger partial charge on any atom is -0.466 e. The van der Waals surface area contributed by atoms with Gasteiger partial charge in [-0.15, -0.1) is 0 Å². The van der Waals surface area contributed by atoms with Crippen LogP contribution in [0.4, 0.5) is 0 Å². The first-order valence-electron chi connectivity index (χ1n) is 24.6. The molecule has 0 atom stereocenters. The Balaban J connectivity index is 4.38. The molecular weight excluding hydrogens is 699 g/mol. The second-order valence-corrected chi connectivity index (χ2v) is 16.9. The van der Waals surface area contributed by atoms with Gasteiger partial charge in [0.15, 0.2) is 0 Å². The summed E-state index contributed by atoms with van der Waals surface area (Å²) in [5, 5.41) is 0. The molecule has 0 aliphatic rings. The molecule has 0 aliphatic heterocycles. The zero-order valence-corrected chi connectivity index (χ0v) is 38.3. The minimum absolute atomic E-state index is 0.0384. The summed E-state index contributed by atoms with van der Waals surface area (Å²) in [5.74, 6) is 1.19. The van der Waals surface area contributed by atoms with Crippen molar-refractivity contribution >= 4 is 17.9 Å². The maximum Gasteiger partial charge on any atom is 0.320 e. The lowest BCUT2D eigenvalue weighted by molar-refractivity contribution is -0.151. The van der Waals surface area contributed by atoms with Gasteiger partial charge in [0.1, 0.15) is 6.10 Å². The molecule has 0 radical (unpaired) electrons. The topological polar surface area (TPSA) is 82.1 Å². The van der Waals surface area contributed by atoms with Crippen molar-refractivity contribution in [1.82, 2.24) is 4.90 Å². The summed E-state index contributed by atoms with van der Waals surface area (Å²) >= 11 is 0. The van der Waals surface area contributed by atoms with Crippen molar-refractivity contribution in [2.75, 3.05) is 32.8 Å². The van der Waals surface area contributed by atoms with Crippen LogP contribution in [-0.4, -0.2) is 61.8 Å². The first-order valence-corrected chi connectivity index (χ1v) is 24.6. The highest BCUT2D eigenvalue weighted by atomic mass is 16.5. The highest BCUT2D eigenvalue weighted by Crippen LogP contribution is 2.23. The number of unbranched alkanes of at least 4 members (excludes halogenated alkanes) is 16.